The van der Waals surface area contributed by atoms with Crippen molar-refractivity contribution in [1.29, 1.82) is 0 Å². The monoisotopic (exact) mass is 478 g/mol. The number of esters is 1. The highest BCUT2D eigenvalue weighted by atomic mass is 16.5. The van der Waals surface area contributed by atoms with Crippen LogP contribution in [-0.2, 0) is 14.3 Å². The fraction of sp³-hybridized carbons (Fsp3) is 0.393. The molecule has 35 heavy (non-hydrogen) atoms. The number of hydrogen-bond acceptors (Lipinski definition) is 6. The van der Waals surface area contributed by atoms with Crippen LogP contribution >= 0.6 is 0 Å². The van der Waals surface area contributed by atoms with Gasteiger partial charge in [-0.15, -0.1) is 0 Å². The van der Waals surface area contributed by atoms with E-state index in [-0.39, 0.29) is 11.3 Å². The fourth-order valence-corrected chi connectivity index (χ4v) is 4.52. The lowest BCUT2D eigenvalue weighted by atomic mass is 9.93. The van der Waals surface area contributed by atoms with Crippen molar-refractivity contribution in [3.63, 3.8) is 0 Å². The van der Waals surface area contributed by atoms with Crippen molar-refractivity contribution in [2.24, 2.45) is 0 Å². The van der Waals surface area contributed by atoms with E-state index in [1.54, 1.807) is 24.3 Å². The molecule has 1 aliphatic heterocycles. The summed E-state index contributed by atoms with van der Waals surface area (Å²) >= 11 is 0. The van der Waals surface area contributed by atoms with Crippen LogP contribution < -0.4 is 0 Å². The topological polar surface area (TPSA) is 87.2 Å². The summed E-state index contributed by atoms with van der Waals surface area (Å²) in [4.78, 5) is 42.1. The molecule has 1 saturated heterocycles. The van der Waals surface area contributed by atoms with E-state index < -0.39 is 23.7 Å². The molecule has 7 nitrogen and oxygen atoms in total. The molecule has 186 valence electrons. The standard InChI is InChI=1S/C28H34N2O5/c1-6-29(7-2)15-8-16-30-24(20-11-13-21(14-12-20)28(34)35-5)23(26(32)27(30)33)25(31)22-17-18(3)9-10-19(22)4/h9-14,17,24,31H,6-8,15-16H2,1-5H3. The van der Waals surface area contributed by atoms with E-state index in [1.165, 1.54) is 12.0 Å². The first-order chi connectivity index (χ1) is 16.7. The molecule has 0 spiro atoms. The van der Waals surface area contributed by atoms with Gasteiger partial charge >= 0.3 is 5.97 Å². The number of methoxy groups -OCH3 is 1. The fourth-order valence-electron chi connectivity index (χ4n) is 4.52. The van der Waals surface area contributed by atoms with Crippen LogP contribution in [0.4, 0.5) is 0 Å². The van der Waals surface area contributed by atoms with E-state index in [0.717, 1.165) is 30.8 Å². The Hall–Kier alpha value is -3.45. The molecule has 1 fully saturated rings. The summed E-state index contributed by atoms with van der Waals surface area (Å²) in [6.45, 7) is 10.9. The van der Waals surface area contributed by atoms with Crippen LogP contribution in [0.3, 0.4) is 0 Å². The largest absolute Gasteiger partial charge is 0.507 e. The lowest BCUT2D eigenvalue weighted by Crippen LogP contribution is -2.33. The molecule has 1 heterocycles. The number of carbonyl (C=O) groups is 3. The second kappa shape index (κ2) is 11.3. The van der Waals surface area contributed by atoms with Gasteiger partial charge < -0.3 is 19.6 Å². The Morgan fingerprint density at radius 1 is 1.06 bits per heavy atom. The minimum atomic E-state index is -0.752. The Bertz CT molecular complexity index is 1130. The van der Waals surface area contributed by atoms with E-state index in [0.29, 0.717) is 29.7 Å². The summed E-state index contributed by atoms with van der Waals surface area (Å²) < 4.78 is 4.78. The zero-order valence-corrected chi connectivity index (χ0v) is 21.1. The first kappa shape index (κ1) is 26.2. The zero-order chi connectivity index (χ0) is 25.7. The molecule has 7 heteroatoms. The van der Waals surface area contributed by atoms with Gasteiger partial charge in [-0.1, -0.05) is 43.7 Å². The molecule has 1 amide bonds. The number of hydrogen-bond donors (Lipinski definition) is 1. The lowest BCUT2D eigenvalue weighted by molar-refractivity contribution is -0.140. The van der Waals surface area contributed by atoms with E-state index in [4.69, 9.17) is 4.74 Å². The maximum absolute atomic E-state index is 13.2. The summed E-state index contributed by atoms with van der Waals surface area (Å²) in [5.41, 5.74) is 3.35. The molecule has 2 aromatic rings. The van der Waals surface area contributed by atoms with Crippen molar-refractivity contribution in [3.05, 3.63) is 75.9 Å². The van der Waals surface area contributed by atoms with Crippen molar-refractivity contribution >= 4 is 23.4 Å². The molecule has 3 rings (SSSR count). The average molecular weight is 479 g/mol. The molecule has 1 unspecified atom stereocenters. The highest BCUT2D eigenvalue weighted by Gasteiger charge is 2.46. The molecular weight excluding hydrogens is 444 g/mol. The predicted molar refractivity (Wildman–Crippen MR) is 135 cm³/mol. The van der Waals surface area contributed by atoms with Gasteiger partial charge in [0, 0.05) is 12.1 Å². The minimum Gasteiger partial charge on any atom is -0.507 e. The number of aryl methyl sites for hydroxylation is 2. The van der Waals surface area contributed by atoms with Crippen molar-refractivity contribution in [3.8, 4) is 0 Å². The Morgan fingerprint density at radius 2 is 1.71 bits per heavy atom. The van der Waals surface area contributed by atoms with Crippen LogP contribution in [0.25, 0.3) is 5.76 Å². The van der Waals surface area contributed by atoms with Crippen molar-refractivity contribution in [2.45, 2.75) is 40.2 Å². The minimum absolute atomic E-state index is 0.0670. The van der Waals surface area contributed by atoms with Crippen molar-refractivity contribution < 1.29 is 24.2 Å². The molecule has 0 aromatic heterocycles. The number of amides is 1. The number of ketones is 1. The summed E-state index contributed by atoms with van der Waals surface area (Å²) in [6, 6.07) is 11.5. The molecule has 2 aromatic carbocycles. The highest BCUT2D eigenvalue weighted by molar-refractivity contribution is 6.46. The molecule has 1 atom stereocenters. The third kappa shape index (κ3) is 5.46. The highest BCUT2D eigenvalue weighted by Crippen LogP contribution is 2.40. The number of nitrogens with zero attached hydrogens (tertiary/aromatic N) is 2. The zero-order valence-electron chi connectivity index (χ0n) is 21.1. The van der Waals surface area contributed by atoms with Crippen LogP contribution in [0, 0.1) is 13.8 Å². The van der Waals surface area contributed by atoms with E-state index in [2.05, 4.69) is 18.7 Å². The van der Waals surface area contributed by atoms with Crippen LogP contribution in [0.1, 0.15) is 58.9 Å². The van der Waals surface area contributed by atoms with Gasteiger partial charge in [0.15, 0.2) is 0 Å². The molecule has 0 bridgehead atoms. The van der Waals surface area contributed by atoms with Gasteiger partial charge in [-0.2, -0.15) is 0 Å². The number of rotatable bonds is 9. The third-order valence-electron chi connectivity index (χ3n) is 6.60. The normalized spacial score (nSPS) is 17.3. The van der Waals surface area contributed by atoms with Gasteiger partial charge in [0.05, 0.1) is 24.3 Å². The molecule has 0 saturated carbocycles. The van der Waals surface area contributed by atoms with E-state index in [9.17, 15) is 19.5 Å². The van der Waals surface area contributed by atoms with Gasteiger partial charge in [0.2, 0.25) is 0 Å². The molecular formula is C28H34N2O5. The maximum atomic E-state index is 13.2. The Morgan fingerprint density at radius 3 is 2.31 bits per heavy atom. The number of aliphatic hydroxyl groups is 1. The average Bonchev–Trinajstić information content (AvgIpc) is 3.12. The number of carbonyl (C=O) groups excluding carboxylic acids is 3. The SMILES string of the molecule is CCN(CC)CCCN1C(=O)C(=O)C(=C(O)c2cc(C)ccc2C)C1c1ccc(C(=O)OC)cc1. The number of benzene rings is 2. The Labute approximate surface area is 207 Å². The Balaban J connectivity index is 2.08. The quantitative estimate of drug-likeness (QED) is 0.251. The Kier molecular flexibility index (Phi) is 8.46. The summed E-state index contributed by atoms with van der Waals surface area (Å²) in [7, 11) is 1.31. The number of Topliss-reactive ketones (excluding diaryl/α,β-unsaturated/α-hetero) is 1. The first-order valence-corrected chi connectivity index (χ1v) is 12.0. The second-order valence-corrected chi connectivity index (χ2v) is 8.80. The van der Waals surface area contributed by atoms with Gasteiger partial charge in [0.1, 0.15) is 5.76 Å². The van der Waals surface area contributed by atoms with Crippen LogP contribution in [0.2, 0.25) is 0 Å². The first-order valence-electron chi connectivity index (χ1n) is 12.0. The van der Waals surface area contributed by atoms with Gasteiger partial charge in [-0.05, 0) is 69.2 Å². The molecule has 1 aliphatic rings. The van der Waals surface area contributed by atoms with E-state index >= 15 is 0 Å². The predicted octanol–water partition coefficient (Wildman–Crippen LogP) is 4.24. The van der Waals surface area contributed by atoms with Gasteiger partial charge in [0.25, 0.3) is 11.7 Å². The van der Waals surface area contributed by atoms with Crippen molar-refractivity contribution in [1.82, 2.24) is 9.80 Å². The summed E-state index contributed by atoms with van der Waals surface area (Å²) in [5, 5.41) is 11.3. The molecule has 0 radical (unpaired) electrons. The van der Waals surface area contributed by atoms with Crippen LogP contribution in [0.5, 0.6) is 0 Å². The number of aliphatic hydroxyl groups excluding tert-OH is 1. The summed E-state index contributed by atoms with van der Waals surface area (Å²) in [6.07, 6.45) is 0.689. The van der Waals surface area contributed by atoms with Gasteiger partial charge in [-0.25, -0.2) is 4.79 Å². The maximum Gasteiger partial charge on any atom is 0.337 e. The molecule has 1 N–H and O–H groups in total. The van der Waals surface area contributed by atoms with Crippen LogP contribution in [-0.4, -0.2) is 65.9 Å². The van der Waals surface area contributed by atoms with Gasteiger partial charge in [-0.3, -0.25) is 9.59 Å². The smallest absolute Gasteiger partial charge is 0.337 e. The number of ether oxygens (including phenoxy) is 1. The second-order valence-electron chi connectivity index (χ2n) is 8.80. The third-order valence-corrected chi connectivity index (χ3v) is 6.60. The number of likely N-dealkylation sites (tertiary alicyclic amines) is 1. The van der Waals surface area contributed by atoms with Crippen LogP contribution in [0.15, 0.2) is 48.0 Å². The lowest BCUT2D eigenvalue weighted by Gasteiger charge is -2.27. The summed E-state index contributed by atoms with van der Waals surface area (Å²) in [5.74, 6) is -1.98. The van der Waals surface area contributed by atoms with Crippen molar-refractivity contribution in [2.75, 3.05) is 33.3 Å². The van der Waals surface area contributed by atoms with E-state index in [1.807, 2.05) is 32.0 Å². The molecule has 0 aliphatic carbocycles.